The number of carbonyl (C=O) groups excluding carboxylic acids is 3. The first kappa shape index (κ1) is 23.4. The molecule has 0 fully saturated rings. The summed E-state index contributed by atoms with van der Waals surface area (Å²) < 4.78 is 0. The fourth-order valence-electron chi connectivity index (χ4n) is 2.84. The van der Waals surface area contributed by atoms with Crippen molar-refractivity contribution in [1.29, 1.82) is 0 Å². The Labute approximate surface area is 182 Å². The number of carbonyl (C=O) groups is 3. The average Bonchev–Trinajstić information content (AvgIpc) is 2.76. The lowest BCUT2D eigenvalue weighted by Gasteiger charge is -2.23. The zero-order valence-electron chi connectivity index (χ0n) is 17.3. The van der Waals surface area contributed by atoms with Gasteiger partial charge in [-0.05, 0) is 48.7 Å². The SMILES string of the molecule is CCC(C)C(NC(=O)c1ccccc1)C(=O)NCCCC(=O)Nc1ccc(Cl)cc1. The minimum absolute atomic E-state index is 0.0223. The summed E-state index contributed by atoms with van der Waals surface area (Å²) in [5, 5.41) is 9.05. The molecule has 7 heteroatoms. The van der Waals surface area contributed by atoms with Crippen LogP contribution in [0.4, 0.5) is 5.69 Å². The third-order valence-electron chi connectivity index (χ3n) is 4.83. The molecule has 0 bridgehead atoms. The molecule has 0 aliphatic carbocycles. The van der Waals surface area contributed by atoms with E-state index in [9.17, 15) is 14.4 Å². The van der Waals surface area contributed by atoms with E-state index < -0.39 is 6.04 Å². The zero-order chi connectivity index (χ0) is 21.9. The minimum atomic E-state index is -0.634. The van der Waals surface area contributed by atoms with Gasteiger partial charge in [-0.3, -0.25) is 14.4 Å². The summed E-state index contributed by atoms with van der Waals surface area (Å²) in [6.07, 6.45) is 1.51. The Balaban J connectivity index is 1.80. The first-order valence-electron chi connectivity index (χ1n) is 10.1. The van der Waals surface area contributed by atoms with Crippen molar-refractivity contribution < 1.29 is 14.4 Å². The molecule has 0 aliphatic rings. The highest BCUT2D eigenvalue weighted by atomic mass is 35.5. The molecule has 0 heterocycles. The smallest absolute Gasteiger partial charge is 0.251 e. The van der Waals surface area contributed by atoms with Crippen molar-refractivity contribution in [3.8, 4) is 0 Å². The summed E-state index contributed by atoms with van der Waals surface area (Å²) in [7, 11) is 0. The number of hydrogen-bond donors (Lipinski definition) is 3. The van der Waals surface area contributed by atoms with Gasteiger partial charge >= 0.3 is 0 Å². The maximum Gasteiger partial charge on any atom is 0.251 e. The lowest BCUT2D eigenvalue weighted by atomic mass is 9.97. The highest BCUT2D eigenvalue weighted by molar-refractivity contribution is 6.30. The molecule has 2 aromatic rings. The van der Waals surface area contributed by atoms with Crippen LogP contribution in [0.15, 0.2) is 54.6 Å². The molecular formula is C23H28ClN3O3. The van der Waals surface area contributed by atoms with Crippen molar-refractivity contribution in [2.75, 3.05) is 11.9 Å². The maximum atomic E-state index is 12.6. The second kappa shape index (κ2) is 12.0. The molecule has 3 amide bonds. The third kappa shape index (κ3) is 7.52. The van der Waals surface area contributed by atoms with Gasteiger partial charge in [0, 0.05) is 29.2 Å². The topological polar surface area (TPSA) is 87.3 Å². The largest absolute Gasteiger partial charge is 0.354 e. The van der Waals surface area contributed by atoms with E-state index in [4.69, 9.17) is 11.6 Å². The molecule has 0 radical (unpaired) electrons. The number of amides is 3. The molecule has 3 N–H and O–H groups in total. The highest BCUT2D eigenvalue weighted by Gasteiger charge is 2.26. The molecule has 6 nitrogen and oxygen atoms in total. The van der Waals surface area contributed by atoms with E-state index in [1.165, 1.54) is 0 Å². The van der Waals surface area contributed by atoms with Gasteiger partial charge in [-0.15, -0.1) is 0 Å². The van der Waals surface area contributed by atoms with Crippen molar-refractivity contribution in [3.63, 3.8) is 0 Å². The molecule has 0 aromatic heterocycles. The van der Waals surface area contributed by atoms with Gasteiger partial charge in [0.2, 0.25) is 11.8 Å². The van der Waals surface area contributed by atoms with E-state index in [1.807, 2.05) is 19.9 Å². The summed E-state index contributed by atoms with van der Waals surface area (Å²) in [6.45, 7) is 4.25. The normalized spacial score (nSPS) is 12.5. The lowest BCUT2D eigenvalue weighted by molar-refractivity contribution is -0.124. The molecule has 2 unspecified atom stereocenters. The number of nitrogens with one attached hydrogen (secondary N) is 3. The number of benzene rings is 2. The van der Waals surface area contributed by atoms with E-state index in [-0.39, 0.29) is 30.1 Å². The van der Waals surface area contributed by atoms with Crippen LogP contribution < -0.4 is 16.0 Å². The fraction of sp³-hybridized carbons (Fsp3) is 0.348. The molecule has 160 valence electrons. The van der Waals surface area contributed by atoms with Crippen LogP contribution in [-0.2, 0) is 9.59 Å². The van der Waals surface area contributed by atoms with E-state index in [1.54, 1.807) is 48.5 Å². The van der Waals surface area contributed by atoms with Gasteiger partial charge in [-0.2, -0.15) is 0 Å². The zero-order valence-corrected chi connectivity index (χ0v) is 18.0. The fourth-order valence-corrected chi connectivity index (χ4v) is 2.97. The van der Waals surface area contributed by atoms with Crippen LogP contribution in [0.1, 0.15) is 43.5 Å². The number of hydrogen-bond acceptors (Lipinski definition) is 3. The van der Waals surface area contributed by atoms with Crippen LogP contribution in [0, 0.1) is 5.92 Å². The Morgan fingerprint density at radius 1 is 1.00 bits per heavy atom. The Hall–Kier alpha value is -2.86. The summed E-state index contributed by atoms with van der Waals surface area (Å²) >= 11 is 5.83. The predicted octanol–water partition coefficient (Wildman–Crippen LogP) is 4.02. The molecule has 2 rings (SSSR count). The molecule has 0 saturated heterocycles. The van der Waals surface area contributed by atoms with Crippen molar-refractivity contribution >= 4 is 35.0 Å². The Morgan fingerprint density at radius 2 is 1.67 bits per heavy atom. The highest BCUT2D eigenvalue weighted by Crippen LogP contribution is 2.14. The van der Waals surface area contributed by atoms with Gasteiger partial charge in [0.1, 0.15) is 6.04 Å². The van der Waals surface area contributed by atoms with Gasteiger partial charge in [0.05, 0.1) is 0 Å². The first-order valence-corrected chi connectivity index (χ1v) is 10.5. The van der Waals surface area contributed by atoms with Gasteiger partial charge in [0.25, 0.3) is 5.91 Å². The van der Waals surface area contributed by atoms with Gasteiger partial charge in [0.15, 0.2) is 0 Å². The first-order chi connectivity index (χ1) is 14.4. The standard InChI is InChI=1S/C23H28ClN3O3/c1-3-16(2)21(27-22(29)17-8-5-4-6-9-17)23(30)25-15-7-10-20(28)26-19-13-11-18(24)12-14-19/h4-6,8-9,11-14,16,21H,3,7,10,15H2,1-2H3,(H,25,30)(H,26,28)(H,27,29). The van der Waals surface area contributed by atoms with Crippen molar-refractivity contribution in [2.24, 2.45) is 5.92 Å². The minimum Gasteiger partial charge on any atom is -0.354 e. The predicted molar refractivity (Wildman–Crippen MR) is 119 cm³/mol. The van der Waals surface area contributed by atoms with Crippen LogP contribution in [-0.4, -0.2) is 30.3 Å². The van der Waals surface area contributed by atoms with E-state index in [0.29, 0.717) is 29.2 Å². The second-order valence-corrected chi connectivity index (χ2v) is 7.59. The molecule has 0 aliphatic heterocycles. The van der Waals surface area contributed by atoms with E-state index >= 15 is 0 Å². The lowest BCUT2D eigenvalue weighted by Crippen LogP contribution is -2.50. The molecule has 0 saturated carbocycles. The van der Waals surface area contributed by atoms with Crippen molar-refractivity contribution in [2.45, 2.75) is 39.2 Å². The van der Waals surface area contributed by atoms with Gasteiger partial charge in [-0.25, -0.2) is 0 Å². The summed E-state index contributed by atoms with van der Waals surface area (Å²) in [5.74, 6) is -0.682. The number of anilines is 1. The van der Waals surface area contributed by atoms with Crippen molar-refractivity contribution in [1.82, 2.24) is 10.6 Å². The van der Waals surface area contributed by atoms with Gasteiger partial charge < -0.3 is 16.0 Å². The number of rotatable bonds is 10. The average molecular weight is 430 g/mol. The van der Waals surface area contributed by atoms with Crippen LogP contribution in [0.3, 0.4) is 0 Å². The molecule has 30 heavy (non-hydrogen) atoms. The maximum absolute atomic E-state index is 12.6. The quantitative estimate of drug-likeness (QED) is 0.498. The monoisotopic (exact) mass is 429 g/mol. The van der Waals surface area contributed by atoms with Crippen LogP contribution in [0.2, 0.25) is 5.02 Å². The third-order valence-corrected chi connectivity index (χ3v) is 5.08. The molecule has 2 atom stereocenters. The van der Waals surface area contributed by atoms with E-state index in [2.05, 4.69) is 16.0 Å². The van der Waals surface area contributed by atoms with Crippen LogP contribution in [0.25, 0.3) is 0 Å². The summed E-state index contributed by atoms with van der Waals surface area (Å²) in [6, 6.07) is 15.0. The van der Waals surface area contributed by atoms with Gasteiger partial charge in [-0.1, -0.05) is 50.1 Å². The molecule has 2 aromatic carbocycles. The van der Waals surface area contributed by atoms with Crippen LogP contribution in [0.5, 0.6) is 0 Å². The summed E-state index contributed by atoms with van der Waals surface area (Å²) in [5.41, 5.74) is 1.19. The Kier molecular flexibility index (Phi) is 9.35. The van der Waals surface area contributed by atoms with E-state index in [0.717, 1.165) is 6.42 Å². The molecule has 0 spiro atoms. The second-order valence-electron chi connectivity index (χ2n) is 7.15. The van der Waals surface area contributed by atoms with Crippen molar-refractivity contribution in [3.05, 3.63) is 65.2 Å². The Bertz CT molecular complexity index is 841. The Morgan fingerprint density at radius 3 is 2.30 bits per heavy atom. The molecular weight excluding hydrogens is 402 g/mol. The number of halogens is 1. The summed E-state index contributed by atoms with van der Waals surface area (Å²) in [4.78, 5) is 37.1. The van der Waals surface area contributed by atoms with Crippen LogP contribution >= 0.6 is 11.6 Å².